The van der Waals surface area contributed by atoms with E-state index in [9.17, 15) is 9.59 Å². The molecule has 26 heavy (non-hydrogen) atoms. The first-order valence-corrected chi connectivity index (χ1v) is 9.64. The molecule has 1 N–H and O–H groups in total. The highest BCUT2D eigenvalue weighted by molar-refractivity contribution is 5.89. The molecule has 2 aliphatic rings. The van der Waals surface area contributed by atoms with E-state index in [0.717, 1.165) is 44.3 Å². The zero-order valence-corrected chi connectivity index (χ0v) is 15.7. The predicted octanol–water partition coefficient (Wildman–Crippen LogP) is 3.81. The number of likely N-dealkylation sites (tertiary alicyclic amines) is 2. The second-order valence-corrected chi connectivity index (χ2v) is 7.38. The first-order chi connectivity index (χ1) is 12.6. The molecule has 1 aromatic rings. The van der Waals surface area contributed by atoms with Crippen LogP contribution in [0.25, 0.3) is 0 Å². The van der Waals surface area contributed by atoms with E-state index < -0.39 is 0 Å². The quantitative estimate of drug-likeness (QED) is 0.835. The summed E-state index contributed by atoms with van der Waals surface area (Å²) in [5, 5.41) is 3.03. The number of urea groups is 1. The zero-order chi connectivity index (χ0) is 18.6. The molecule has 1 atom stereocenters. The maximum Gasteiger partial charge on any atom is 0.321 e. The van der Waals surface area contributed by atoms with E-state index >= 15 is 0 Å². The van der Waals surface area contributed by atoms with Gasteiger partial charge in [-0.3, -0.25) is 4.79 Å². The minimum absolute atomic E-state index is 0.0751. The van der Waals surface area contributed by atoms with Crippen LogP contribution < -0.4 is 5.32 Å². The molecule has 1 aromatic carbocycles. The lowest BCUT2D eigenvalue weighted by atomic mass is 9.79. The maximum atomic E-state index is 12.8. The van der Waals surface area contributed by atoms with E-state index in [-0.39, 0.29) is 17.5 Å². The topological polar surface area (TPSA) is 52.7 Å². The number of hydrogen-bond donors (Lipinski definition) is 1. The number of amides is 3. The largest absolute Gasteiger partial charge is 0.332 e. The SMILES string of the molecule is C=CCN1C(=O)CCC[C@@]12CCCN(C(=O)Nc1cccc(CC)c1)C2. The predicted molar refractivity (Wildman–Crippen MR) is 104 cm³/mol. The smallest absolute Gasteiger partial charge is 0.321 e. The molecule has 3 rings (SSSR count). The summed E-state index contributed by atoms with van der Waals surface area (Å²) in [6, 6.07) is 7.90. The number of nitrogens with zero attached hydrogens (tertiary/aromatic N) is 2. The van der Waals surface area contributed by atoms with E-state index in [1.165, 1.54) is 5.56 Å². The van der Waals surface area contributed by atoms with Gasteiger partial charge >= 0.3 is 6.03 Å². The molecule has 0 aliphatic carbocycles. The van der Waals surface area contributed by atoms with Crippen molar-refractivity contribution < 1.29 is 9.59 Å². The molecule has 0 saturated carbocycles. The Balaban J connectivity index is 1.73. The van der Waals surface area contributed by atoms with Crippen molar-refractivity contribution in [2.75, 3.05) is 25.0 Å². The van der Waals surface area contributed by atoms with Crippen LogP contribution in [0, 0.1) is 0 Å². The Kier molecular flexibility index (Phi) is 5.64. The molecule has 0 aromatic heterocycles. The molecule has 0 unspecified atom stereocenters. The minimum atomic E-state index is -0.232. The molecule has 5 nitrogen and oxygen atoms in total. The summed E-state index contributed by atoms with van der Waals surface area (Å²) in [7, 11) is 0. The Bertz CT molecular complexity index is 684. The van der Waals surface area contributed by atoms with Gasteiger partial charge in [-0.05, 0) is 49.8 Å². The summed E-state index contributed by atoms with van der Waals surface area (Å²) in [6.07, 6.45) is 7.08. The molecule has 3 amide bonds. The van der Waals surface area contributed by atoms with Gasteiger partial charge in [-0.2, -0.15) is 0 Å². The lowest BCUT2D eigenvalue weighted by molar-refractivity contribution is -0.143. The van der Waals surface area contributed by atoms with Gasteiger partial charge in [-0.15, -0.1) is 6.58 Å². The van der Waals surface area contributed by atoms with Crippen molar-refractivity contribution >= 4 is 17.6 Å². The second kappa shape index (κ2) is 7.94. The standard InChI is InChI=1S/C21H29N3O2/c1-3-13-24-19(25)10-6-11-21(24)12-7-14-23(16-21)20(26)22-18-9-5-8-17(4-2)15-18/h3,5,8-9,15H,1,4,6-7,10-14,16H2,2H3,(H,22,26)/t21-/m0/s1. The second-order valence-electron chi connectivity index (χ2n) is 7.38. The summed E-state index contributed by atoms with van der Waals surface area (Å²) in [6.45, 7) is 7.81. The molecular weight excluding hydrogens is 326 g/mol. The van der Waals surface area contributed by atoms with Crippen molar-refractivity contribution in [3.63, 3.8) is 0 Å². The van der Waals surface area contributed by atoms with Crippen molar-refractivity contribution in [3.8, 4) is 0 Å². The van der Waals surface area contributed by atoms with Crippen LogP contribution in [0.4, 0.5) is 10.5 Å². The van der Waals surface area contributed by atoms with E-state index in [1.807, 2.05) is 28.0 Å². The van der Waals surface area contributed by atoms with Gasteiger partial charge in [0.1, 0.15) is 0 Å². The Labute approximate surface area is 156 Å². The fourth-order valence-electron chi connectivity index (χ4n) is 4.31. The molecule has 0 radical (unpaired) electrons. The van der Waals surface area contributed by atoms with Crippen molar-refractivity contribution in [2.24, 2.45) is 0 Å². The third kappa shape index (κ3) is 3.76. The van der Waals surface area contributed by atoms with Crippen LogP contribution in [-0.4, -0.2) is 46.9 Å². The van der Waals surface area contributed by atoms with Crippen LogP contribution in [0.3, 0.4) is 0 Å². The average molecular weight is 355 g/mol. The van der Waals surface area contributed by atoms with E-state index in [2.05, 4.69) is 24.9 Å². The third-order valence-electron chi connectivity index (χ3n) is 5.65. The monoisotopic (exact) mass is 355 g/mol. The minimum Gasteiger partial charge on any atom is -0.332 e. The number of aryl methyl sites for hydroxylation is 1. The van der Waals surface area contributed by atoms with Crippen LogP contribution >= 0.6 is 0 Å². The Morgan fingerprint density at radius 1 is 1.35 bits per heavy atom. The third-order valence-corrected chi connectivity index (χ3v) is 5.65. The molecule has 5 heteroatoms. The average Bonchev–Trinajstić information content (AvgIpc) is 2.65. The maximum absolute atomic E-state index is 12.8. The first kappa shape index (κ1) is 18.5. The fourth-order valence-corrected chi connectivity index (χ4v) is 4.31. The normalized spacial score (nSPS) is 23.2. The first-order valence-electron chi connectivity index (χ1n) is 9.64. The van der Waals surface area contributed by atoms with Crippen LogP contribution in [0.15, 0.2) is 36.9 Å². The number of hydrogen-bond acceptors (Lipinski definition) is 2. The fraction of sp³-hybridized carbons (Fsp3) is 0.524. The number of carbonyl (C=O) groups is 2. The number of piperidine rings is 2. The van der Waals surface area contributed by atoms with Crippen LogP contribution in [0.5, 0.6) is 0 Å². The summed E-state index contributed by atoms with van der Waals surface area (Å²) in [5.74, 6) is 0.189. The lowest BCUT2D eigenvalue weighted by Gasteiger charge is -2.51. The van der Waals surface area contributed by atoms with Crippen LogP contribution in [0.1, 0.15) is 44.6 Å². The lowest BCUT2D eigenvalue weighted by Crippen LogP contribution is -2.63. The Hall–Kier alpha value is -2.30. The Morgan fingerprint density at radius 3 is 2.92 bits per heavy atom. The van der Waals surface area contributed by atoms with Gasteiger partial charge in [-0.25, -0.2) is 4.79 Å². The van der Waals surface area contributed by atoms with Gasteiger partial charge in [-0.1, -0.05) is 25.1 Å². The van der Waals surface area contributed by atoms with Gasteiger partial charge in [0.05, 0.1) is 5.54 Å². The molecule has 0 bridgehead atoms. The molecule has 2 heterocycles. The van der Waals surface area contributed by atoms with Gasteiger partial charge in [0.25, 0.3) is 0 Å². The molecule has 140 valence electrons. The summed E-state index contributed by atoms with van der Waals surface area (Å²) in [4.78, 5) is 29.1. The van der Waals surface area contributed by atoms with E-state index in [4.69, 9.17) is 0 Å². The van der Waals surface area contributed by atoms with Gasteiger partial charge in [0.2, 0.25) is 5.91 Å². The zero-order valence-electron chi connectivity index (χ0n) is 15.7. The van der Waals surface area contributed by atoms with Gasteiger partial charge in [0.15, 0.2) is 0 Å². The van der Waals surface area contributed by atoms with Crippen LogP contribution in [-0.2, 0) is 11.2 Å². The number of anilines is 1. The molecular formula is C21H29N3O2. The highest BCUT2D eigenvalue weighted by atomic mass is 16.2. The highest BCUT2D eigenvalue weighted by Gasteiger charge is 2.45. The summed E-state index contributed by atoms with van der Waals surface area (Å²) in [5.41, 5.74) is 1.80. The number of carbonyl (C=O) groups excluding carboxylic acids is 2. The van der Waals surface area contributed by atoms with Gasteiger partial charge < -0.3 is 15.1 Å². The Morgan fingerprint density at radius 2 is 2.15 bits per heavy atom. The van der Waals surface area contributed by atoms with E-state index in [0.29, 0.717) is 19.5 Å². The number of benzene rings is 1. The summed E-state index contributed by atoms with van der Waals surface area (Å²) < 4.78 is 0. The van der Waals surface area contributed by atoms with Gasteiger partial charge in [0, 0.05) is 31.7 Å². The molecule has 1 spiro atoms. The van der Waals surface area contributed by atoms with Crippen molar-refractivity contribution in [1.82, 2.24) is 9.80 Å². The molecule has 2 aliphatic heterocycles. The number of rotatable bonds is 4. The number of nitrogens with one attached hydrogen (secondary N) is 1. The van der Waals surface area contributed by atoms with Crippen LogP contribution in [0.2, 0.25) is 0 Å². The summed E-state index contributed by atoms with van der Waals surface area (Å²) >= 11 is 0. The molecule has 2 fully saturated rings. The highest BCUT2D eigenvalue weighted by Crippen LogP contribution is 2.36. The van der Waals surface area contributed by atoms with Crippen molar-refractivity contribution in [3.05, 3.63) is 42.5 Å². The van der Waals surface area contributed by atoms with Crippen molar-refractivity contribution in [2.45, 2.75) is 51.0 Å². The molecule has 2 saturated heterocycles. The van der Waals surface area contributed by atoms with E-state index in [1.54, 1.807) is 6.08 Å². The van der Waals surface area contributed by atoms with Crippen molar-refractivity contribution in [1.29, 1.82) is 0 Å².